The van der Waals surface area contributed by atoms with Gasteiger partial charge in [-0.3, -0.25) is 4.79 Å². The highest BCUT2D eigenvalue weighted by Crippen LogP contribution is 2.25. The normalized spacial score (nSPS) is 13.9. The molecule has 2 nitrogen and oxygen atoms in total. The fourth-order valence-electron chi connectivity index (χ4n) is 2.46. The Morgan fingerprint density at radius 2 is 2.00 bits per heavy atom. The van der Waals surface area contributed by atoms with Gasteiger partial charge in [0.15, 0.2) is 6.61 Å². The van der Waals surface area contributed by atoms with Crippen LogP contribution in [-0.2, 0) is 12.8 Å². The first-order chi connectivity index (χ1) is 9.33. The van der Waals surface area contributed by atoms with Gasteiger partial charge in [0.25, 0.3) is 0 Å². The van der Waals surface area contributed by atoms with E-state index in [1.807, 2.05) is 23.6 Å². The van der Waals surface area contributed by atoms with E-state index in [4.69, 9.17) is 4.74 Å². The highest BCUT2D eigenvalue weighted by molar-refractivity contribution is 7.12. The number of carbonyl (C=O) groups excluding carboxylic acids is 1. The fourth-order valence-corrected chi connectivity index (χ4v) is 3.11. The van der Waals surface area contributed by atoms with Crippen molar-refractivity contribution in [1.82, 2.24) is 0 Å². The van der Waals surface area contributed by atoms with Crippen molar-refractivity contribution in [2.75, 3.05) is 6.61 Å². The predicted octanol–water partition coefficient (Wildman–Crippen LogP) is 3.89. The summed E-state index contributed by atoms with van der Waals surface area (Å²) in [5, 5.41) is 1.91. The lowest BCUT2D eigenvalue weighted by atomic mass is 9.92. The molecule has 2 aromatic rings. The molecule has 0 bridgehead atoms. The predicted molar refractivity (Wildman–Crippen MR) is 77.2 cm³/mol. The molecule has 1 heterocycles. The van der Waals surface area contributed by atoms with Gasteiger partial charge in [0.2, 0.25) is 5.78 Å². The molecular weight excluding hydrogens is 256 g/mol. The quantitative estimate of drug-likeness (QED) is 0.789. The Balaban J connectivity index is 1.65. The summed E-state index contributed by atoms with van der Waals surface area (Å²) in [6.07, 6.45) is 4.84. The van der Waals surface area contributed by atoms with Gasteiger partial charge in [-0.05, 0) is 60.4 Å². The van der Waals surface area contributed by atoms with Crippen LogP contribution in [0.2, 0.25) is 0 Å². The Morgan fingerprint density at radius 1 is 1.16 bits per heavy atom. The molecule has 0 amide bonds. The summed E-state index contributed by atoms with van der Waals surface area (Å²) in [6, 6.07) is 9.93. The van der Waals surface area contributed by atoms with E-state index in [0.717, 1.165) is 17.0 Å². The van der Waals surface area contributed by atoms with Crippen LogP contribution in [0.3, 0.4) is 0 Å². The van der Waals surface area contributed by atoms with E-state index in [9.17, 15) is 4.79 Å². The topological polar surface area (TPSA) is 26.3 Å². The first-order valence-electron chi connectivity index (χ1n) is 6.64. The number of hydrogen-bond acceptors (Lipinski definition) is 3. The summed E-state index contributed by atoms with van der Waals surface area (Å²) in [5.41, 5.74) is 2.82. The average Bonchev–Trinajstić information content (AvgIpc) is 2.99. The number of benzene rings is 1. The monoisotopic (exact) mass is 272 g/mol. The maximum absolute atomic E-state index is 11.9. The molecule has 3 rings (SSSR count). The van der Waals surface area contributed by atoms with Gasteiger partial charge in [-0.2, -0.15) is 0 Å². The van der Waals surface area contributed by atoms with Crippen LogP contribution in [0.25, 0.3) is 0 Å². The molecule has 0 saturated carbocycles. The van der Waals surface area contributed by atoms with Crippen molar-refractivity contribution in [3.8, 4) is 5.75 Å². The number of thiophene rings is 1. The third-order valence-corrected chi connectivity index (χ3v) is 4.40. The van der Waals surface area contributed by atoms with Crippen molar-refractivity contribution in [2.24, 2.45) is 0 Å². The lowest BCUT2D eigenvalue weighted by Gasteiger charge is -2.16. The standard InChI is InChI=1S/C16H16O2S/c17-15(16-6-3-9-19-16)11-18-14-8-7-12-4-1-2-5-13(12)10-14/h3,6-10H,1-2,4-5,11H2. The minimum absolute atomic E-state index is 0.0488. The molecule has 1 aromatic heterocycles. The number of rotatable bonds is 4. The Hall–Kier alpha value is -1.61. The minimum Gasteiger partial charge on any atom is -0.485 e. The summed E-state index contributed by atoms with van der Waals surface area (Å²) < 4.78 is 5.61. The number of ether oxygens (including phenoxy) is 1. The van der Waals surface area contributed by atoms with E-state index in [2.05, 4.69) is 12.1 Å². The van der Waals surface area contributed by atoms with Crippen LogP contribution >= 0.6 is 11.3 Å². The highest BCUT2D eigenvalue weighted by Gasteiger charge is 2.11. The molecule has 98 valence electrons. The SMILES string of the molecule is O=C(COc1ccc2c(c1)CCCC2)c1cccs1. The van der Waals surface area contributed by atoms with Gasteiger partial charge in [0, 0.05) is 0 Å². The lowest BCUT2D eigenvalue weighted by molar-refractivity contribution is 0.0925. The molecule has 0 radical (unpaired) electrons. The molecule has 0 N–H and O–H groups in total. The van der Waals surface area contributed by atoms with E-state index in [0.29, 0.717) is 0 Å². The van der Waals surface area contributed by atoms with Crippen molar-refractivity contribution in [2.45, 2.75) is 25.7 Å². The van der Waals surface area contributed by atoms with E-state index in [-0.39, 0.29) is 12.4 Å². The molecule has 19 heavy (non-hydrogen) atoms. The molecule has 0 atom stereocenters. The molecule has 3 heteroatoms. The van der Waals surface area contributed by atoms with Gasteiger partial charge < -0.3 is 4.74 Å². The Morgan fingerprint density at radius 3 is 2.79 bits per heavy atom. The number of ketones is 1. The molecule has 0 spiro atoms. The summed E-state index contributed by atoms with van der Waals surface area (Å²) in [7, 11) is 0. The van der Waals surface area contributed by atoms with Crippen LogP contribution in [-0.4, -0.2) is 12.4 Å². The largest absolute Gasteiger partial charge is 0.485 e. The lowest BCUT2D eigenvalue weighted by Crippen LogP contribution is -2.11. The fraction of sp³-hybridized carbons (Fsp3) is 0.312. The first-order valence-corrected chi connectivity index (χ1v) is 7.52. The van der Waals surface area contributed by atoms with Crippen molar-refractivity contribution in [3.63, 3.8) is 0 Å². The molecule has 1 aliphatic carbocycles. The zero-order valence-electron chi connectivity index (χ0n) is 10.7. The van der Waals surface area contributed by atoms with Crippen molar-refractivity contribution < 1.29 is 9.53 Å². The number of Topliss-reactive ketones (excluding diaryl/α,β-unsaturated/α-hetero) is 1. The van der Waals surface area contributed by atoms with Gasteiger partial charge in [-0.1, -0.05) is 12.1 Å². The van der Waals surface area contributed by atoms with Gasteiger partial charge in [-0.15, -0.1) is 11.3 Å². The number of carbonyl (C=O) groups is 1. The van der Waals surface area contributed by atoms with E-state index in [1.54, 1.807) is 0 Å². The van der Waals surface area contributed by atoms with Crippen LogP contribution in [0.4, 0.5) is 0 Å². The summed E-state index contributed by atoms with van der Waals surface area (Å²) >= 11 is 1.46. The van der Waals surface area contributed by atoms with Gasteiger partial charge in [0.05, 0.1) is 4.88 Å². The second kappa shape index (κ2) is 5.57. The molecule has 0 saturated heterocycles. The van der Waals surface area contributed by atoms with Crippen LogP contribution in [0.1, 0.15) is 33.6 Å². The van der Waals surface area contributed by atoms with Crippen LogP contribution in [0.5, 0.6) is 5.75 Å². The maximum atomic E-state index is 11.9. The van der Waals surface area contributed by atoms with Crippen LogP contribution < -0.4 is 4.74 Å². The van der Waals surface area contributed by atoms with Crippen molar-refractivity contribution >= 4 is 17.1 Å². The highest BCUT2D eigenvalue weighted by atomic mass is 32.1. The Labute approximate surface area is 117 Å². The first kappa shape index (κ1) is 12.4. The van der Waals surface area contributed by atoms with Crippen LogP contribution in [0, 0.1) is 0 Å². The third kappa shape index (κ3) is 2.87. The maximum Gasteiger partial charge on any atom is 0.210 e. The average molecular weight is 272 g/mol. The second-order valence-electron chi connectivity index (χ2n) is 4.83. The number of fused-ring (bicyclic) bond motifs is 1. The number of hydrogen-bond donors (Lipinski definition) is 0. The van der Waals surface area contributed by atoms with E-state index >= 15 is 0 Å². The van der Waals surface area contributed by atoms with Crippen LogP contribution in [0.15, 0.2) is 35.7 Å². The number of aryl methyl sites for hydroxylation is 2. The Kier molecular flexibility index (Phi) is 3.65. The smallest absolute Gasteiger partial charge is 0.210 e. The summed E-state index contributed by atoms with van der Waals surface area (Å²) in [6.45, 7) is 0.124. The zero-order chi connectivity index (χ0) is 13.1. The van der Waals surface area contributed by atoms with Crippen molar-refractivity contribution in [1.29, 1.82) is 0 Å². The molecule has 1 aromatic carbocycles. The van der Waals surface area contributed by atoms with Gasteiger partial charge in [0.1, 0.15) is 5.75 Å². The summed E-state index contributed by atoms with van der Waals surface area (Å²) in [5.74, 6) is 0.860. The van der Waals surface area contributed by atoms with E-state index < -0.39 is 0 Å². The molecule has 1 aliphatic rings. The molecule has 0 aliphatic heterocycles. The third-order valence-electron chi connectivity index (χ3n) is 3.49. The zero-order valence-corrected chi connectivity index (χ0v) is 11.5. The Bertz CT molecular complexity index is 572. The summed E-state index contributed by atoms with van der Waals surface area (Å²) in [4.78, 5) is 12.6. The van der Waals surface area contributed by atoms with E-state index in [1.165, 1.54) is 41.7 Å². The molecular formula is C16H16O2S. The molecule has 0 unspecified atom stereocenters. The second-order valence-corrected chi connectivity index (χ2v) is 5.77. The van der Waals surface area contributed by atoms with Gasteiger partial charge >= 0.3 is 0 Å². The minimum atomic E-state index is 0.0488. The van der Waals surface area contributed by atoms with Gasteiger partial charge in [-0.25, -0.2) is 0 Å². The molecule has 0 fully saturated rings. The van der Waals surface area contributed by atoms with Crippen molar-refractivity contribution in [3.05, 3.63) is 51.7 Å².